The molecule has 4 rings (SSSR count). The molecule has 34 heavy (non-hydrogen) atoms. The van der Waals surface area contributed by atoms with Crippen molar-refractivity contribution in [1.82, 2.24) is 25.4 Å². The van der Waals surface area contributed by atoms with Crippen LogP contribution in [-0.4, -0.2) is 45.0 Å². The Morgan fingerprint density at radius 3 is 2.85 bits per heavy atom. The van der Waals surface area contributed by atoms with E-state index in [0.717, 1.165) is 30.3 Å². The van der Waals surface area contributed by atoms with Crippen molar-refractivity contribution in [2.75, 3.05) is 18.4 Å². The fraction of sp³-hybridized carbons (Fsp3) is 0.400. The average Bonchev–Trinajstić information content (AvgIpc) is 3.56. The number of nitrogens with zero attached hydrogens (tertiary/aromatic N) is 5. The van der Waals surface area contributed by atoms with E-state index in [1.165, 1.54) is 18.2 Å². The summed E-state index contributed by atoms with van der Waals surface area (Å²) >= 11 is 3.09. The SMILES string of the molecule is NC(=NCCCNc1nonc1-c1noc(=O)n1-c1ccc(F)c(Br)c1)NC(=O)C1CCCC1. The third-order valence-corrected chi connectivity index (χ3v) is 5.96. The highest BCUT2D eigenvalue weighted by Gasteiger charge is 2.24. The van der Waals surface area contributed by atoms with E-state index in [0.29, 0.717) is 25.2 Å². The van der Waals surface area contributed by atoms with Gasteiger partial charge < -0.3 is 11.1 Å². The van der Waals surface area contributed by atoms with Crippen molar-refractivity contribution in [3.05, 3.63) is 39.0 Å². The Morgan fingerprint density at radius 1 is 1.29 bits per heavy atom. The number of hydrogen-bond donors (Lipinski definition) is 3. The molecule has 1 saturated carbocycles. The summed E-state index contributed by atoms with van der Waals surface area (Å²) < 4.78 is 24.5. The number of guanidine groups is 1. The number of nitrogens with one attached hydrogen (secondary N) is 2. The van der Waals surface area contributed by atoms with Gasteiger partial charge in [-0.25, -0.2) is 18.4 Å². The fourth-order valence-electron chi connectivity index (χ4n) is 3.64. The van der Waals surface area contributed by atoms with Crippen molar-refractivity contribution in [2.45, 2.75) is 32.1 Å². The van der Waals surface area contributed by atoms with Gasteiger partial charge in [-0.05, 0) is 63.7 Å². The second kappa shape index (κ2) is 10.6. The standard InChI is InChI=1S/C20H22BrFN8O4/c21-13-10-12(6-7-14(13)22)30-17(29-33-20(30)32)15-16(28-34-27-15)24-8-3-9-25-19(23)26-18(31)11-4-1-2-5-11/h6-7,10-11H,1-5,8-9H2,(H,24,28)(H3,23,25,26,31). The molecular weight excluding hydrogens is 515 g/mol. The first-order chi connectivity index (χ1) is 16.4. The molecule has 0 atom stereocenters. The summed E-state index contributed by atoms with van der Waals surface area (Å²) in [6.45, 7) is 0.779. The van der Waals surface area contributed by atoms with Crippen LogP contribution >= 0.6 is 15.9 Å². The third-order valence-electron chi connectivity index (χ3n) is 5.35. The van der Waals surface area contributed by atoms with Crippen molar-refractivity contribution < 1.29 is 18.3 Å². The molecule has 4 N–H and O–H groups in total. The van der Waals surface area contributed by atoms with E-state index in [-0.39, 0.29) is 39.6 Å². The number of benzene rings is 1. The molecule has 2 aromatic heterocycles. The van der Waals surface area contributed by atoms with E-state index < -0.39 is 11.6 Å². The van der Waals surface area contributed by atoms with Crippen LogP contribution in [-0.2, 0) is 4.79 Å². The number of anilines is 1. The largest absolute Gasteiger partial charge is 0.446 e. The number of carbonyl (C=O) groups is 1. The van der Waals surface area contributed by atoms with Crippen molar-refractivity contribution in [2.24, 2.45) is 16.6 Å². The zero-order chi connectivity index (χ0) is 24.1. The zero-order valence-corrected chi connectivity index (χ0v) is 19.5. The van der Waals surface area contributed by atoms with Crippen molar-refractivity contribution in [3.8, 4) is 17.2 Å². The molecule has 1 aliphatic rings. The third kappa shape index (κ3) is 5.32. The molecule has 0 radical (unpaired) electrons. The summed E-state index contributed by atoms with van der Waals surface area (Å²) in [4.78, 5) is 28.5. The number of nitrogens with two attached hydrogens (primary N) is 1. The first-order valence-corrected chi connectivity index (χ1v) is 11.4. The first kappa shape index (κ1) is 23.6. The molecule has 1 amide bonds. The van der Waals surface area contributed by atoms with Gasteiger partial charge in [0.25, 0.3) is 0 Å². The molecule has 14 heteroatoms. The Labute approximate surface area is 200 Å². The second-order valence-electron chi connectivity index (χ2n) is 7.69. The quantitative estimate of drug-likeness (QED) is 0.222. The zero-order valence-electron chi connectivity index (χ0n) is 18.0. The van der Waals surface area contributed by atoms with Gasteiger partial charge in [0.15, 0.2) is 11.7 Å². The minimum absolute atomic E-state index is 0.0125. The van der Waals surface area contributed by atoms with Gasteiger partial charge in [0, 0.05) is 19.0 Å². The maximum absolute atomic E-state index is 13.6. The molecule has 180 valence electrons. The second-order valence-corrected chi connectivity index (χ2v) is 8.54. The van der Waals surface area contributed by atoms with Crippen LogP contribution in [0.1, 0.15) is 32.1 Å². The first-order valence-electron chi connectivity index (χ1n) is 10.7. The van der Waals surface area contributed by atoms with Crippen LogP contribution in [0.3, 0.4) is 0 Å². The topological polar surface area (TPSA) is 166 Å². The predicted octanol–water partition coefficient (Wildman–Crippen LogP) is 2.20. The summed E-state index contributed by atoms with van der Waals surface area (Å²) in [5.74, 6) is -0.981. The van der Waals surface area contributed by atoms with E-state index in [2.05, 4.69) is 47.0 Å². The van der Waals surface area contributed by atoms with Gasteiger partial charge in [0.1, 0.15) is 5.82 Å². The number of hydrogen-bond acceptors (Lipinski definition) is 9. The fourth-order valence-corrected chi connectivity index (χ4v) is 4.01. The minimum atomic E-state index is -0.785. The molecule has 1 aromatic carbocycles. The van der Waals surface area contributed by atoms with Gasteiger partial charge in [0.05, 0.1) is 10.2 Å². The molecule has 0 unspecified atom stereocenters. The maximum atomic E-state index is 13.6. The summed E-state index contributed by atoms with van der Waals surface area (Å²) in [6, 6.07) is 4.01. The highest BCUT2D eigenvalue weighted by molar-refractivity contribution is 9.10. The summed E-state index contributed by atoms with van der Waals surface area (Å²) in [5.41, 5.74) is 6.25. The van der Waals surface area contributed by atoms with Crippen molar-refractivity contribution in [1.29, 1.82) is 0 Å². The highest BCUT2D eigenvalue weighted by atomic mass is 79.9. The molecule has 1 fully saturated rings. The van der Waals surface area contributed by atoms with E-state index in [4.69, 9.17) is 14.9 Å². The maximum Gasteiger partial charge on any atom is 0.446 e. The Kier molecular flexibility index (Phi) is 7.35. The number of rotatable bonds is 8. The van der Waals surface area contributed by atoms with Crippen LogP contribution in [0.5, 0.6) is 0 Å². The molecule has 3 aromatic rings. The molecule has 2 heterocycles. The van der Waals surface area contributed by atoms with E-state index >= 15 is 0 Å². The van der Waals surface area contributed by atoms with Gasteiger partial charge in [-0.2, -0.15) is 0 Å². The number of amides is 1. The summed E-state index contributed by atoms with van der Waals surface area (Å²) in [5, 5.41) is 17.0. The Morgan fingerprint density at radius 2 is 2.09 bits per heavy atom. The van der Waals surface area contributed by atoms with Crippen LogP contribution in [0.2, 0.25) is 0 Å². The lowest BCUT2D eigenvalue weighted by molar-refractivity contribution is -0.123. The summed E-state index contributed by atoms with van der Waals surface area (Å²) in [6.07, 6.45) is 4.45. The normalized spacial score (nSPS) is 14.5. The number of aromatic nitrogens is 4. The smallest absolute Gasteiger partial charge is 0.370 e. The molecule has 0 saturated heterocycles. The monoisotopic (exact) mass is 536 g/mol. The average molecular weight is 537 g/mol. The van der Waals surface area contributed by atoms with Crippen LogP contribution in [0.15, 0.2) is 41.6 Å². The minimum Gasteiger partial charge on any atom is -0.370 e. The van der Waals surface area contributed by atoms with E-state index in [1.54, 1.807) is 0 Å². The van der Waals surface area contributed by atoms with Crippen LogP contribution in [0.25, 0.3) is 17.2 Å². The molecule has 12 nitrogen and oxygen atoms in total. The van der Waals surface area contributed by atoms with E-state index in [9.17, 15) is 14.0 Å². The van der Waals surface area contributed by atoms with Gasteiger partial charge in [-0.3, -0.25) is 19.6 Å². The van der Waals surface area contributed by atoms with Gasteiger partial charge in [-0.15, -0.1) is 0 Å². The predicted molar refractivity (Wildman–Crippen MR) is 123 cm³/mol. The van der Waals surface area contributed by atoms with E-state index in [1.807, 2.05) is 0 Å². The van der Waals surface area contributed by atoms with Crippen molar-refractivity contribution in [3.63, 3.8) is 0 Å². The van der Waals surface area contributed by atoms with Crippen LogP contribution < -0.4 is 22.1 Å². The highest BCUT2D eigenvalue weighted by Crippen LogP contribution is 2.26. The number of carbonyl (C=O) groups excluding carboxylic acids is 1. The van der Waals surface area contributed by atoms with Crippen LogP contribution in [0.4, 0.5) is 10.2 Å². The Hall–Kier alpha value is -3.55. The summed E-state index contributed by atoms with van der Waals surface area (Å²) in [7, 11) is 0. The van der Waals surface area contributed by atoms with Crippen molar-refractivity contribution >= 4 is 33.6 Å². The van der Waals surface area contributed by atoms with Gasteiger partial charge in [0.2, 0.25) is 17.5 Å². The lowest BCUT2D eigenvalue weighted by Crippen LogP contribution is -2.40. The molecular formula is C20H22BrFN8O4. The van der Waals surface area contributed by atoms with Crippen LogP contribution in [0, 0.1) is 11.7 Å². The molecule has 0 spiro atoms. The number of aliphatic imine (C=N–C) groups is 1. The lowest BCUT2D eigenvalue weighted by atomic mass is 10.1. The Bertz CT molecular complexity index is 1250. The number of halogens is 2. The van der Waals surface area contributed by atoms with Gasteiger partial charge >= 0.3 is 5.76 Å². The molecule has 0 bridgehead atoms. The Balaban J connectivity index is 1.36. The lowest BCUT2D eigenvalue weighted by Gasteiger charge is -2.09. The molecule has 1 aliphatic carbocycles. The van der Waals surface area contributed by atoms with Gasteiger partial charge in [-0.1, -0.05) is 18.0 Å². The molecule has 0 aliphatic heterocycles.